The van der Waals surface area contributed by atoms with Crippen LogP contribution in [-0.4, -0.2) is 37.8 Å². The van der Waals surface area contributed by atoms with E-state index in [0.29, 0.717) is 11.3 Å². The predicted molar refractivity (Wildman–Crippen MR) is 99.9 cm³/mol. The number of aromatic amines is 2. The molecule has 0 radical (unpaired) electrons. The standard InChI is InChI=1S/C19H19N5O3/c1-10(2)16(17-20-13-6-4-5-7-14(13)21-17)24-8-11-15(22-23-18(11)25)12(9-24)19(26)27-3/h4-10,16H,1-3H3,(H,20,21)(H,23,25)/t16-/m1/s1. The average Bonchev–Trinajstić information content (AvgIpc) is 3.24. The maximum Gasteiger partial charge on any atom is 0.341 e. The molecule has 4 rings (SSSR count). The van der Waals surface area contributed by atoms with E-state index < -0.39 is 5.97 Å². The normalized spacial score (nSPS) is 12.7. The number of benzene rings is 1. The summed E-state index contributed by atoms with van der Waals surface area (Å²) in [5, 5.41) is 6.37. The van der Waals surface area contributed by atoms with Crippen LogP contribution in [0.4, 0.5) is 0 Å². The number of imidazole rings is 1. The molecule has 0 amide bonds. The number of esters is 1. The first-order chi connectivity index (χ1) is 13.0. The second-order valence-electron chi connectivity index (χ2n) is 6.75. The Balaban J connectivity index is 1.94. The van der Waals surface area contributed by atoms with Gasteiger partial charge in [0.15, 0.2) is 0 Å². The van der Waals surface area contributed by atoms with Crippen LogP contribution in [0.15, 0.2) is 41.5 Å². The van der Waals surface area contributed by atoms with Gasteiger partial charge in [-0.2, -0.15) is 5.10 Å². The van der Waals surface area contributed by atoms with Crippen molar-refractivity contribution in [1.82, 2.24) is 24.7 Å². The van der Waals surface area contributed by atoms with Crippen molar-refractivity contribution in [3.8, 4) is 11.3 Å². The Morgan fingerprint density at radius 1 is 1.22 bits per heavy atom. The Bertz CT molecular complexity index is 1120. The number of pyridine rings is 1. The van der Waals surface area contributed by atoms with E-state index in [1.54, 1.807) is 12.4 Å². The molecule has 0 spiro atoms. The number of ether oxygens (including phenoxy) is 1. The lowest BCUT2D eigenvalue weighted by molar-refractivity contribution is 0.0600. The van der Waals surface area contributed by atoms with E-state index >= 15 is 0 Å². The molecule has 8 heteroatoms. The first-order valence-corrected chi connectivity index (χ1v) is 8.62. The van der Waals surface area contributed by atoms with Gasteiger partial charge < -0.3 is 14.3 Å². The summed E-state index contributed by atoms with van der Waals surface area (Å²) in [5.74, 6) is 0.343. The molecular weight excluding hydrogens is 346 g/mol. The molecular formula is C19H19N5O3. The predicted octanol–water partition coefficient (Wildman–Crippen LogP) is 2.58. The first-order valence-electron chi connectivity index (χ1n) is 8.62. The van der Waals surface area contributed by atoms with Gasteiger partial charge in [0.25, 0.3) is 5.56 Å². The molecule has 1 aromatic carbocycles. The van der Waals surface area contributed by atoms with Gasteiger partial charge in [-0.1, -0.05) is 26.0 Å². The largest absolute Gasteiger partial charge is 0.465 e. The van der Waals surface area contributed by atoms with Crippen LogP contribution in [0.25, 0.3) is 22.3 Å². The highest BCUT2D eigenvalue weighted by Crippen LogP contribution is 2.30. The van der Waals surface area contributed by atoms with Crippen molar-refractivity contribution < 1.29 is 9.53 Å². The maximum absolute atomic E-state index is 12.2. The lowest BCUT2D eigenvalue weighted by Crippen LogP contribution is -2.21. The van der Waals surface area contributed by atoms with E-state index in [9.17, 15) is 9.59 Å². The third-order valence-electron chi connectivity index (χ3n) is 4.63. The molecule has 3 heterocycles. The monoisotopic (exact) mass is 365 g/mol. The van der Waals surface area contributed by atoms with Crippen molar-refractivity contribution >= 4 is 17.0 Å². The summed E-state index contributed by atoms with van der Waals surface area (Å²) in [6.07, 6.45) is 3.36. The molecule has 0 bridgehead atoms. The molecule has 1 atom stereocenters. The number of fused-ring (bicyclic) bond motifs is 2. The van der Waals surface area contributed by atoms with E-state index in [1.165, 1.54) is 7.11 Å². The smallest absolute Gasteiger partial charge is 0.341 e. The van der Waals surface area contributed by atoms with Crippen molar-refractivity contribution in [1.29, 1.82) is 0 Å². The summed E-state index contributed by atoms with van der Waals surface area (Å²) < 4.78 is 6.70. The molecule has 0 saturated heterocycles. The third-order valence-corrected chi connectivity index (χ3v) is 4.63. The highest BCUT2D eigenvalue weighted by Gasteiger charge is 2.27. The molecule has 2 aromatic rings. The number of carbonyl (C=O) groups excluding carboxylic acids is 1. The average molecular weight is 365 g/mol. The number of carbonyl (C=O) groups is 1. The summed E-state index contributed by atoms with van der Waals surface area (Å²) in [6, 6.07) is 7.56. The molecule has 2 aliphatic rings. The fraction of sp³-hybridized carbons (Fsp3) is 0.263. The molecule has 0 saturated carbocycles. The summed E-state index contributed by atoms with van der Waals surface area (Å²) >= 11 is 0. The van der Waals surface area contributed by atoms with Gasteiger partial charge in [0.1, 0.15) is 17.1 Å². The van der Waals surface area contributed by atoms with E-state index in [0.717, 1.165) is 16.9 Å². The van der Waals surface area contributed by atoms with E-state index in [4.69, 9.17) is 9.72 Å². The second-order valence-corrected chi connectivity index (χ2v) is 6.75. The minimum Gasteiger partial charge on any atom is -0.465 e. The minimum atomic E-state index is -0.548. The van der Waals surface area contributed by atoms with Crippen molar-refractivity contribution in [3.05, 3.63) is 58.4 Å². The molecule has 138 valence electrons. The quantitative estimate of drug-likeness (QED) is 0.541. The zero-order valence-electron chi connectivity index (χ0n) is 15.2. The zero-order chi connectivity index (χ0) is 19.1. The zero-order valence-corrected chi connectivity index (χ0v) is 15.2. The Labute approximate surface area is 154 Å². The summed E-state index contributed by atoms with van der Waals surface area (Å²) in [5.41, 5.74) is 2.31. The van der Waals surface area contributed by atoms with Gasteiger partial charge >= 0.3 is 5.97 Å². The minimum absolute atomic E-state index is 0.139. The van der Waals surface area contributed by atoms with Crippen molar-refractivity contribution in [3.63, 3.8) is 0 Å². The SMILES string of the molecule is COC(=O)c1cn([C@@H](c2nc3ccccc3[nH]2)C(C)C)cc2c(=O)[nH]nc1-2. The molecule has 0 unspecified atom stereocenters. The topological polar surface area (TPSA) is 106 Å². The van der Waals surface area contributed by atoms with Gasteiger partial charge in [-0.3, -0.25) is 4.79 Å². The molecule has 2 aliphatic heterocycles. The fourth-order valence-electron chi connectivity index (χ4n) is 3.39. The molecule has 2 N–H and O–H groups in total. The number of nitrogens with zero attached hydrogens (tertiary/aromatic N) is 3. The third kappa shape index (κ3) is 2.79. The number of para-hydroxylation sites is 2. The number of hydrogen-bond donors (Lipinski definition) is 2. The summed E-state index contributed by atoms with van der Waals surface area (Å²) in [7, 11) is 1.30. The van der Waals surface area contributed by atoms with Crippen LogP contribution in [0.2, 0.25) is 0 Å². The number of methoxy groups -OCH3 is 1. The highest BCUT2D eigenvalue weighted by atomic mass is 16.5. The summed E-state index contributed by atoms with van der Waals surface area (Å²) in [4.78, 5) is 32.4. The Hall–Kier alpha value is -3.42. The highest BCUT2D eigenvalue weighted by molar-refractivity contribution is 5.96. The van der Waals surface area contributed by atoms with Gasteiger partial charge in [-0.05, 0) is 18.1 Å². The van der Waals surface area contributed by atoms with Crippen molar-refractivity contribution in [2.24, 2.45) is 5.92 Å². The number of aromatic nitrogens is 5. The number of rotatable bonds is 4. The first kappa shape index (κ1) is 17.0. The van der Waals surface area contributed by atoms with Crippen LogP contribution >= 0.6 is 0 Å². The molecule has 8 nitrogen and oxygen atoms in total. The van der Waals surface area contributed by atoms with Gasteiger partial charge in [-0.25, -0.2) is 14.9 Å². The lowest BCUT2D eigenvalue weighted by Gasteiger charge is -2.24. The fourth-order valence-corrected chi connectivity index (χ4v) is 3.39. The number of H-pyrrole nitrogens is 2. The van der Waals surface area contributed by atoms with Crippen LogP contribution in [0.1, 0.15) is 36.1 Å². The Morgan fingerprint density at radius 3 is 2.70 bits per heavy atom. The summed E-state index contributed by atoms with van der Waals surface area (Å²) in [6.45, 7) is 4.11. The molecule has 0 aliphatic carbocycles. The van der Waals surface area contributed by atoms with Crippen LogP contribution in [-0.2, 0) is 4.74 Å². The van der Waals surface area contributed by atoms with Crippen molar-refractivity contribution in [2.75, 3.05) is 7.11 Å². The van der Waals surface area contributed by atoms with Crippen LogP contribution in [0, 0.1) is 5.92 Å². The van der Waals surface area contributed by atoms with Crippen LogP contribution in [0.3, 0.4) is 0 Å². The Kier molecular flexibility index (Phi) is 4.02. The van der Waals surface area contributed by atoms with Gasteiger partial charge in [0.2, 0.25) is 0 Å². The van der Waals surface area contributed by atoms with Gasteiger partial charge in [-0.15, -0.1) is 0 Å². The van der Waals surface area contributed by atoms with Gasteiger partial charge in [0, 0.05) is 12.4 Å². The van der Waals surface area contributed by atoms with E-state index in [2.05, 4.69) is 29.0 Å². The van der Waals surface area contributed by atoms with Crippen LogP contribution < -0.4 is 5.56 Å². The van der Waals surface area contributed by atoms with Crippen molar-refractivity contribution in [2.45, 2.75) is 19.9 Å². The van der Waals surface area contributed by atoms with E-state index in [1.807, 2.05) is 28.8 Å². The Morgan fingerprint density at radius 2 is 2.00 bits per heavy atom. The second kappa shape index (κ2) is 6.39. The molecule has 0 fully saturated rings. The van der Waals surface area contributed by atoms with E-state index in [-0.39, 0.29) is 23.1 Å². The lowest BCUT2D eigenvalue weighted by atomic mass is 10.0. The maximum atomic E-state index is 12.2. The van der Waals surface area contributed by atoms with Gasteiger partial charge in [0.05, 0.1) is 29.7 Å². The van der Waals surface area contributed by atoms with Crippen LogP contribution in [0.5, 0.6) is 0 Å². The number of nitrogens with one attached hydrogen (secondary N) is 2. The number of hydrogen-bond acceptors (Lipinski definition) is 5. The molecule has 27 heavy (non-hydrogen) atoms. The molecule has 1 aromatic heterocycles.